The summed E-state index contributed by atoms with van der Waals surface area (Å²) in [7, 11) is 1.82. The molecule has 0 aromatic heterocycles. The van der Waals surface area contributed by atoms with Gasteiger partial charge in [0.1, 0.15) is 5.75 Å². The van der Waals surface area contributed by atoms with Crippen molar-refractivity contribution in [3.8, 4) is 5.75 Å². The van der Waals surface area contributed by atoms with Gasteiger partial charge in [0.25, 0.3) is 5.91 Å². The molecule has 5 heteroatoms. The Hall–Kier alpha value is -1.07. The lowest BCUT2D eigenvalue weighted by Gasteiger charge is -2.20. The number of hydrogen-bond donors (Lipinski definition) is 1. The smallest absolute Gasteiger partial charge is 0.263 e. The van der Waals surface area contributed by atoms with E-state index in [1.165, 1.54) is 0 Å². The van der Waals surface area contributed by atoms with Gasteiger partial charge in [0.2, 0.25) is 0 Å². The second-order valence-electron chi connectivity index (χ2n) is 5.51. The molecule has 2 rings (SSSR count). The first kappa shape index (κ1) is 16.3. The summed E-state index contributed by atoms with van der Waals surface area (Å²) in [4.78, 5) is 13.7. The van der Waals surface area contributed by atoms with Gasteiger partial charge in [0.05, 0.1) is 0 Å². The van der Waals surface area contributed by atoms with E-state index in [-0.39, 0.29) is 18.1 Å². The van der Waals surface area contributed by atoms with Crippen molar-refractivity contribution < 1.29 is 9.53 Å². The van der Waals surface area contributed by atoms with Crippen LogP contribution in [-0.4, -0.2) is 37.0 Å². The van der Waals surface area contributed by atoms with Gasteiger partial charge < -0.3 is 15.0 Å². The fourth-order valence-corrected chi connectivity index (χ4v) is 2.83. The number of ether oxygens (including phenoxy) is 1. The average Bonchev–Trinajstić information content (AvgIpc) is 2.77. The molecule has 1 aromatic carbocycles. The molecule has 0 aliphatic carbocycles. The van der Waals surface area contributed by atoms with Crippen LogP contribution in [0.1, 0.15) is 38.3 Å². The standard InChI is InChI=1S/C16H23BrN2O2/c1-4-8-18-11(2)13-6-5-12(17)10-15(13)21-14-7-9-19(3)16(14)20/h5-6,10-11,14,18H,4,7-9H2,1-3H3. The minimum absolute atomic E-state index is 0.0649. The summed E-state index contributed by atoms with van der Waals surface area (Å²) in [5.41, 5.74) is 1.09. The first-order chi connectivity index (χ1) is 10.0. The van der Waals surface area contributed by atoms with Crippen LogP contribution in [-0.2, 0) is 4.79 Å². The molecule has 1 N–H and O–H groups in total. The summed E-state index contributed by atoms with van der Waals surface area (Å²) in [5.74, 6) is 0.851. The Bertz CT molecular complexity index is 507. The van der Waals surface area contributed by atoms with Crippen LogP contribution in [0, 0.1) is 0 Å². The second-order valence-corrected chi connectivity index (χ2v) is 6.43. The minimum Gasteiger partial charge on any atom is -0.480 e. The Kier molecular flexibility index (Phi) is 5.65. The predicted octanol–water partition coefficient (Wildman–Crippen LogP) is 3.12. The maximum absolute atomic E-state index is 12.0. The van der Waals surface area contributed by atoms with Crippen LogP contribution in [0.5, 0.6) is 5.75 Å². The third-order valence-corrected chi connectivity index (χ3v) is 4.28. The van der Waals surface area contributed by atoms with Crippen LogP contribution < -0.4 is 10.1 Å². The van der Waals surface area contributed by atoms with Gasteiger partial charge in [0, 0.05) is 36.1 Å². The molecule has 1 saturated heterocycles. The van der Waals surface area contributed by atoms with Crippen molar-refractivity contribution in [2.75, 3.05) is 20.1 Å². The molecule has 1 amide bonds. The number of carbonyl (C=O) groups is 1. The molecule has 2 atom stereocenters. The van der Waals surface area contributed by atoms with Crippen molar-refractivity contribution in [3.63, 3.8) is 0 Å². The normalized spacial score (nSPS) is 19.9. The predicted molar refractivity (Wildman–Crippen MR) is 87.5 cm³/mol. The summed E-state index contributed by atoms with van der Waals surface area (Å²) in [6.45, 7) is 5.98. The van der Waals surface area contributed by atoms with Gasteiger partial charge in [-0.15, -0.1) is 0 Å². The van der Waals surface area contributed by atoms with Crippen molar-refractivity contribution in [3.05, 3.63) is 28.2 Å². The van der Waals surface area contributed by atoms with Gasteiger partial charge in [0.15, 0.2) is 6.10 Å². The van der Waals surface area contributed by atoms with E-state index in [0.717, 1.165) is 41.7 Å². The molecule has 116 valence electrons. The third kappa shape index (κ3) is 3.98. The van der Waals surface area contributed by atoms with Crippen LogP contribution >= 0.6 is 15.9 Å². The fourth-order valence-electron chi connectivity index (χ4n) is 2.49. The lowest BCUT2D eigenvalue weighted by atomic mass is 10.1. The molecule has 0 radical (unpaired) electrons. The summed E-state index contributed by atoms with van der Waals surface area (Å²) < 4.78 is 6.97. The number of carbonyl (C=O) groups excluding carboxylic acids is 1. The van der Waals surface area contributed by atoms with Gasteiger partial charge in [-0.2, -0.15) is 0 Å². The van der Waals surface area contributed by atoms with Crippen LogP contribution in [0.25, 0.3) is 0 Å². The number of benzene rings is 1. The maximum Gasteiger partial charge on any atom is 0.263 e. The number of likely N-dealkylation sites (tertiary alicyclic amines) is 1. The lowest BCUT2D eigenvalue weighted by molar-refractivity contribution is -0.132. The molecule has 1 aliphatic rings. The van der Waals surface area contributed by atoms with Crippen molar-refractivity contribution in [1.29, 1.82) is 0 Å². The first-order valence-electron chi connectivity index (χ1n) is 7.47. The fraction of sp³-hybridized carbons (Fsp3) is 0.562. The molecular formula is C16H23BrN2O2. The highest BCUT2D eigenvalue weighted by Crippen LogP contribution is 2.31. The van der Waals surface area contributed by atoms with Crippen LogP contribution in [0.3, 0.4) is 0 Å². The van der Waals surface area contributed by atoms with Crippen LogP contribution in [0.15, 0.2) is 22.7 Å². The number of rotatable bonds is 6. The van der Waals surface area contributed by atoms with Crippen molar-refractivity contribution in [2.45, 2.75) is 38.8 Å². The molecular weight excluding hydrogens is 332 g/mol. The Morgan fingerprint density at radius 1 is 1.52 bits per heavy atom. The zero-order chi connectivity index (χ0) is 15.4. The van der Waals surface area contributed by atoms with Gasteiger partial charge in [-0.05, 0) is 32.0 Å². The number of nitrogens with one attached hydrogen (secondary N) is 1. The molecule has 0 spiro atoms. The number of amides is 1. The lowest BCUT2D eigenvalue weighted by Crippen LogP contribution is -2.30. The Balaban J connectivity index is 2.17. The van der Waals surface area contributed by atoms with Gasteiger partial charge in [-0.25, -0.2) is 0 Å². The van der Waals surface area contributed by atoms with E-state index in [1.54, 1.807) is 4.90 Å². The number of halogens is 1. The van der Waals surface area contributed by atoms with E-state index in [2.05, 4.69) is 41.2 Å². The van der Waals surface area contributed by atoms with Gasteiger partial charge in [-0.1, -0.05) is 28.9 Å². The Morgan fingerprint density at radius 2 is 2.29 bits per heavy atom. The van der Waals surface area contributed by atoms with E-state index in [0.29, 0.717) is 0 Å². The molecule has 0 saturated carbocycles. The molecule has 2 unspecified atom stereocenters. The monoisotopic (exact) mass is 354 g/mol. The maximum atomic E-state index is 12.0. The molecule has 21 heavy (non-hydrogen) atoms. The number of likely N-dealkylation sites (N-methyl/N-ethyl adjacent to an activating group) is 1. The summed E-state index contributed by atoms with van der Waals surface area (Å²) in [6, 6.07) is 6.21. The first-order valence-corrected chi connectivity index (χ1v) is 8.26. The average molecular weight is 355 g/mol. The van der Waals surface area contributed by atoms with E-state index < -0.39 is 0 Å². The zero-order valence-electron chi connectivity index (χ0n) is 12.9. The van der Waals surface area contributed by atoms with Crippen molar-refractivity contribution in [2.24, 2.45) is 0 Å². The number of nitrogens with zero attached hydrogens (tertiary/aromatic N) is 1. The summed E-state index contributed by atoms with van der Waals surface area (Å²) in [6.07, 6.45) is 1.47. The summed E-state index contributed by atoms with van der Waals surface area (Å²) in [5, 5.41) is 3.46. The Morgan fingerprint density at radius 3 is 2.90 bits per heavy atom. The highest BCUT2D eigenvalue weighted by atomic mass is 79.9. The molecule has 0 bridgehead atoms. The summed E-state index contributed by atoms with van der Waals surface area (Å²) >= 11 is 3.48. The van der Waals surface area contributed by atoms with Crippen LogP contribution in [0.2, 0.25) is 0 Å². The van der Waals surface area contributed by atoms with Crippen LogP contribution in [0.4, 0.5) is 0 Å². The van der Waals surface area contributed by atoms with E-state index in [4.69, 9.17) is 4.74 Å². The SMILES string of the molecule is CCCNC(C)c1ccc(Br)cc1OC1CCN(C)C1=O. The largest absolute Gasteiger partial charge is 0.480 e. The van der Waals surface area contributed by atoms with Crippen molar-refractivity contribution in [1.82, 2.24) is 10.2 Å². The van der Waals surface area contributed by atoms with Gasteiger partial charge in [-0.3, -0.25) is 4.79 Å². The number of hydrogen-bond acceptors (Lipinski definition) is 3. The van der Waals surface area contributed by atoms with E-state index in [9.17, 15) is 4.79 Å². The quantitative estimate of drug-likeness (QED) is 0.853. The van der Waals surface area contributed by atoms with Crippen molar-refractivity contribution >= 4 is 21.8 Å². The second kappa shape index (κ2) is 7.27. The molecule has 1 aromatic rings. The third-order valence-electron chi connectivity index (χ3n) is 3.79. The minimum atomic E-state index is -0.360. The molecule has 1 aliphatic heterocycles. The topological polar surface area (TPSA) is 41.6 Å². The highest BCUT2D eigenvalue weighted by Gasteiger charge is 2.31. The molecule has 1 heterocycles. The molecule has 4 nitrogen and oxygen atoms in total. The zero-order valence-corrected chi connectivity index (χ0v) is 14.4. The van der Waals surface area contributed by atoms with Gasteiger partial charge >= 0.3 is 0 Å². The Labute approximate surface area is 135 Å². The van der Waals surface area contributed by atoms with E-state index in [1.807, 2.05) is 19.2 Å². The van der Waals surface area contributed by atoms with E-state index >= 15 is 0 Å². The highest BCUT2D eigenvalue weighted by molar-refractivity contribution is 9.10. The molecule has 1 fully saturated rings.